The van der Waals surface area contributed by atoms with Crippen LogP contribution in [0.5, 0.6) is 0 Å². The van der Waals surface area contributed by atoms with Gasteiger partial charge in [0.15, 0.2) is 11.9 Å². The number of hydrogen-bond donors (Lipinski definition) is 3. The van der Waals surface area contributed by atoms with Gasteiger partial charge in [-0.3, -0.25) is 14.4 Å². The van der Waals surface area contributed by atoms with E-state index in [0.717, 1.165) is 19.3 Å². The first-order chi connectivity index (χ1) is 16.9. The Morgan fingerprint density at radius 3 is 2.53 bits per heavy atom. The van der Waals surface area contributed by atoms with E-state index in [1.807, 2.05) is 13.8 Å². The molecule has 4 heterocycles. The van der Waals surface area contributed by atoms with Crippen molar-refractivity contribution >= 4 is 23.8 Å². The van der Waals surface area contributed by atoms with Gasteiger partial charge in [0, 0.05) is 31.1 Å². The molecule has 202 valence electrons. The van der Waals surface area contributed by atoms with Crippen molar-refractivity contribution < 1.29 is 48.3 Å². The maximum Gasteiger partial charge on any atom is 0.326 e. The van der Waals surface area contributed by atoms with Crippen molar-refractivity contribution in [3.63, 3.8) is 0 Å². The molecule has 0 aromatic heterocycles. The largest absolute Gasteiger partial charge is 0.480 e. The van der Waals surface area contributed by atoms with Crippen LogP contribution in [0.15, 0.2) is 0 Å². The van der Waals surface area contributed by atoms with Gasteiger partial charge in [-0.2, -0.15) is 0 Å². The van der Waals surface area contributed by atoms with Gasteiger partial charge >= 0.3 is 11.9 Å². The summed E-state index contributed by atoms with van der Waals surface area (Å²) in [4.78, 5) is 58.9. The molecule has 4 N–H and O–H groups in total. The number of nitrogens with two attached hydrogens (primary N) is 1. The predicted molar refractivity (Wildman–Crippen MR) is 120 cm³/mol. The number of aliphatic carboxylic acids is 1. The molecule has 9 atom stereocenters. The molecule has 2 amide bonds. The molecule has 12 heteroatoms. The van der Waals surface area contributed by atoms with E-state index in [1.165, 1.54) is 0 Å². The number of fused-ring (bicyclic) bond motifs is 2. The van der Waals surface area contributed by atoms with Crippen LogP contribution >= 0.6 is 0 Å². The topological polar surface area (TPSA) is 173 Å². The molecular weight excluding hydrogens is 476 g/mol. The molecule has 5 aliphatic rings. The maximum atomic E-state index is 12.6. The van der Waals surface area contributed by atoms with Gasteiger partial charge in [0.25, 0.3) is 0 Å². The lowest BCUT2D eigenvalue weighted by atomic mass is 9.58. The Morgan fingerprint density at radius 1 is 1.08 bits per heavy atom. The smallest absolute Gasteiger partial charge is 0.326 e. The average molecular weight is 513 g/mol. The van der Waals surface area contributed by atoms with E-state index in [1.54, 1.807) is 0 Å². The second-order valence-electron chi connectivity index (χ2n) is 10.7. The van der Waals surface area contributed by atoms with Crippen LogP contribution in [0.1, 0.15) is 72.1 Å². The minimum atomic E-state index is -1.29. The van der Waals surface area contributed by atoms with Gasteiger partial charge in [-0.1, -0.05) is 13.8 Å². The number of carbonyl (C=O) groups excluding carboxylic acids is 3. The summed E-state index contributed by atoms with van der Waals surface area (Å²) in [5, 5.41) is 11.5. The molecule has 2 bridgehead atoms. The number of ether oxygens (including phenoxy) is 3. The minimum Gasteiger partial charge on any atom is -0.480 e. The molecule has 1 aliphatic carbocycles. The number of primary amides is 1. The summed E-state index contributed by atoms with van der Waals surface area (Å²) >= 11 is 0. The zero-order chi connectivity index (χ0) is 26.3. The van der Waals surface area contributed by atoms with Crippen molar-refractivity contribution in [1.82, 2.24) is 5.32 Å². The normalized spacial score (nSPS) is 39.9. The number of nitrogens with one attached hydrogen (secondary N) is 1. The monoisotopic (exact) mass is 512 g/mol. The Balaban J connectivity index is 1.36. The van der Waals surface area contributed by atoms with Crippen LogP contribution in [-0.4, -0.2) is 58.9 Å². The molecule has 5 rings (SSSR count). The lowest BCUT2D eigenvalue weighted by molar-refractivity contribution is -0.576. The van der Waals surface area contributed by atoms with Crippen molar-refractivity contribution in [1.29, 1.82) is 0 Å². The Hall–Kier alpha value is -2.28. The number of esters is 1. The molecule has 0 aromatic rings. The van der Waals surface area contributed by atoms with E-state index in [9.17, 15) is 24.3 Å². The summed E-state index contributed by atoms with van der Waals surface area (Å²) in [6.45, 7) is 5.97. The van der Waals surface area contributed by atoms with Crippen LogP contribution in [0, 0.1) is 23.7 Å². The molecule has 5 fully saturated rings. The number of rotatable bonds is 9. The van der Waals surface area contributed by atoms with Gasteiger partial charge in [-0.15, -0.1) is 0 Å². The van der Waals surface area contributed by atoms with Gasteiger partial charge in [-0.05, 0) is 44.4 Å². The predicted octanol–water partition coefficient (Wildman–Crippen LogP) is 1.35. The molecular formula is C24H36N2O10. The van der Waals surface area contributed by atoms with Crippen molar-refractivity contribution in [3.05, 3.63) is 0 Å². The quantitative estimate of drug-likeness (QED) is 0.302. The van der Waals surface area contributed by atoms with E-state index in [2.05, 4.69) is 12.2 Å². The van der Waals surface area contributed by atoms with E-state index in [4.69, 9.17) is 29.7 Å². The summed E-state index contributed by atoms with van der Waals surface area (Å²) in [6, 6.07) is -1.27. The van der Waals surface area contributed by atoms with Crippen molar-refractivity contribution in [2.24, 2.45) is 29.4 Å². The van der Waals surface area contributed by atoms with Crippen LogP contribution in [0.4, 0.5) is 0 Å². The molecule has 12 nitrogen and oxygen atoms in total. The number of hydrogen-bond acceptors (Lipinski definition) is 9. The van der Waals surface area contributed by atoms with Crippen LogP contribution in [0.25, 0.3) is 0 Å². The summed E-state index contributed by atoms with van der Waals surface area (Å²) < 4.78 is 18.1. The third-order valence-electron chi connectivity index (χ3n) is 8.21. The fourth-order valence-electron chi connectivity index (χ4n) is 6.22. The van der Waals surface area contributed by atoms with Crippen molar-refractivity contribution in [2.75, 3.05) is 0 Å². The molecule has 1 spiro atoms. The third-order valence-corrected chi connectivity index (χ3v) is 8.21. The van der Waals surface area contributed by atoms with Gasteiger partial charge in [-0.25, -0.2) is 14.6 Å². The SMILES string of the molecule is C[C@H]1[C@H](OC(=O)CCC(=O)NC(CCC(N)=O)C(=O)O)O[C@@H]2O[C@]3(C)CC[C@H]4[C@H](C)CC[C@@H]1C24OO3. The number of carbonyl (C=O) groups is 4. The number of carboxylic acid groups (broad SMARTS) is 1. The molecule has 4 saturated heterocycles. The first-order valence-corrected chi connectivity index (χ1v) is 12.7. The third kappa shape index (κ3) is 5.09. The van der Waals surface area contributed by atoms with Gasteiger partial charge in [0.1, 0.15) is 6.04 Å². The molecule has 2 unspecified atom stereocenters. The lowest BCUT2D eigenvalue weighted by Crippen LogP contribution is -2.70. The van der Waals surface area contributed by atoms with Crippen LogP contribution in [0.2, 0.25) is 0 Å². The van der Waals surface area contributed by atoms with Crippen LogP contribution in [0.3, 0.4) is 0 Å². The maximum absolute atomic E-state index is 12.6. The van der Waals surface area contributed by atoms with E-state index in [-0.39, 0.29) is 43.4 Å². The highest BCUT2D eigenvalue weighted by Gasteiger charge is 2.69. The summed E-state index contributed by atoms with van der Waals surface area (Å²) in [5.74, 6) is -3.82. The van der Waals surface area contributed by atoms with Crippen LogP contribution in [-0.2, 0) is 43.2 Å². The highest BCUT2D eigenvalue weighted by Crippen LogP contribution is 2.60. The van der Waals surface area contributed by atoms with E-state index in [0.29, 0.717) is 12.3 Å². The Bertz CT molecular complexity index is 898. The zero-order valence-electron chi connectivity index (χ0n) is 20.9. The minimum absolute atomic E-state index is 0.0113. The fraction of sp³-hybridized carbons (Fsp3) is 0.833. The van der Waals surface area contributed by atoms with E-state index >= 15 is 0 Å². The van der Waals surface area contributed by atoms with Gasteiger partial charge < -0.3 is 30.4 Å². The second kappa shape index (κ2) is 10.2. The summed E-state index contributed by atoms with van der Waals surface area (Å²) in [7, 11) is 0. The van der Waals surface area contributed by atoms with Gasteiger partial charge in [0.05, 0.1) is 6.42 Å². The second-order valence-corrected chi connectivity index (χ2v) is 10.7. The molecule has 4 aliphatic heterocycles. The van der Waals surface area contributed by atoms with E-state index < -0.39 is 53.8 Å². The first-order valence-electron chi connectivity index (χ1n) is 12.7. The molecule has 0 aromatic carbocycles. The summed E-state index contributed by atoms with van der Waals surface area (Å²) in [5.41, 5.74) is 4.27. The average Bonchev–Trinajstić information content (AvgIpc) is 3.04. The standard InChI is InChI=1S/C24H36N2O10/c1-12-4-5-15-13(2)21(33-22-24(15)14(12)10-11-23(3,34-22)35-36-24)32-19(29)9-8-18(28)26-16(20(30)31)6-7-17(25)27/h12-16,21-22H,4-11H2,1-3H3,(H2,25,27)(H,26,28)(H,30,31)/t12-,13-,14+,15+,16?,21-,22-,23+,24?/m1/s1. The Morgan fingerprint density at radius 2 is 1.83 bits per heavy atom. The molecule has 1 saturated carbocycles. The van der Waals surface area contributed by atoms with Crippen molar-refractivity contribution in [2.45, 2.75) is 102 Å². The van der Waals surface area contributed by atoms with Gasteiger partial charge in [0.2, 0.25) is 23.9 Å². The Labute approximate surface area is 209 Å². The van der Waals surface area contributed by atoms with Crippen LogP contribution < -0.4 is 11.1 Å². The summed E-state index contributed by atoms with van der Waals surface area (Å²) in [6.07, 6.45) is 0.910. The number of carboxylic acids is 1. The highest BCUT2D eigenvalue weighted by atomic mass is 17.3. The van der Waals surface area contributed by atoms with Crippen molar-refractivity contribution in [3.8, 4) is 0 Å². The molecule has 36 heavy (non-hydrogen) atoms. The number of amides is 2. The first kappa shape index (κ1) is 26.8. The Kier molecular flexibility index (Phi) is 7.61. The fourth-order valence-corrected chi connectivity index (χ4v) is 6.22. The highest BCUT2D eigenvalue weighted by molar-refractivity contribution is 5.86. The molecule has 0 radical (unpaired) electrons. The lowest BCUT2D eigenvalue weighted by Gasteiger charge is -2.59. The zero-order valence-corrected chi connectivity index (χ0v) is 20.9.